The predicted octanol–water partition coefficient (Wildman–Crippen LogP) is 4.35. The molecule has 1 aromatic heterocycles. The molecule has 2 atom stereocenters. The lowest BCUT2D eigenvalue weighted by Crippen LogP contribution is -2.46. The quantitative estimate of drug-likeness (QED) is 0.745. The van der Waals surface area contributed by atoms with Crippen LogP contribution in [-0.4, -0.2) is 34.1 Å². The topological polar surface area (TPSA) is 59.0 Å². The van der Waals surface area contributed by atoms with Gasteiger partial charge in [0, 0.05) is 23.7 Å². The number of imidazole rings is 1. The van der Waals surface area contributed by atoms with Crippen LogP contribution in [0.3, 0.4) is 0 Å². The molecule has 1 fully saturated rings. The van der Waals surface area contributed by atoms with Crippen LogP contribution in [0.1, 0.15) is 55.8 Å². The highest BCUT2D eigenvalue weighted by Gasteiger charge is 2.38. The van der Waals surface area contributed by atoms with E-state index in [0.29, 0.717) is 17.1 Å². The van der Waals surface area contributed by atoms with E-state index in [0.717, 1.165) is 24.0 Å². The van der Waals surface area contributed by atoms with E-state index in [2.05, 4.69) is 22.5 Å². The molecule has 0 bridgehead atoms. The summed E-state index contributed by atoms with van der Waals surface area (Å²) in [5.41, 5.74) is 0.877. The van der Waals surface area contributed by atoms with Crippen molar-refractivity contribution in [2.75, 3.05) is 6.54 Å². The minimum absolute atomic E-state index is 0. The maximum atomic E-state index is 13.3. The van der Waals surface area contributed by atoms with E-state index in [9.17, 15) is 18.0 Å². The molecule has 158 valence electrons. The number of nitrogens with one attached hydrogen (secondary N) is 2. The second-order valence-corrected chi connectivity index (χ2v) is 7.15. The minimum Gasteiger partial charge on any atom is -0.349 e. The van der Waals surface area contributed by atoms with Crippen molar-refractivity contribution in [3.05, 3.63) is 29.6 Å². The van der Waals surface area contributed by atoms with E-state index in [1.165, 1.54) is 12.1 Å². The largest absolute Gasteiger partial charge is 0.449 e. The summed E-state index contributed by atoms with van der Waals surface area (Å²) in [4.78, 5) is 16.3. The molecule has 10 heteroatoms. The molecule has 2 heterocycles. The van der Waals surface area contributed by atoms with Crippen molar-refractivity contribution in [1.82, 2.24) is 20.2 Å². The van der Waals surface area contributed by atoms with Crippen molar-refractivity contribution in [2.45, 2.75) is 57.9 Å². The Kier molecular flexibility index (Phi) is 8.17. The van der Waals surface area contributed by atoms with Crippen molar-refractivity contribution in [1.29, 1.82) is 0 Å². The van der Waals surface area contributed by atoms with Gasteiger partial charge in [0.2, 0.25) is 5.82 Å². The molecule has 3 rings (SSSR count). The molecule has 0 spiro atoms. The van der Waals surface area contributed by atoms with Crippen LogP contribution in [-0.2, 0) is 6.18 Å². The standard InChI is InChI=1S/C18H23F3N4O.2ClH/c1-10(2)25-15-5-4-12(9-14(15)24-17(25)18(19,20)21)16(26)23-13-6-7-22-11(3)8-13;;/h4-5,9-11,13,22H,6-8H2,1-3H3,(H,23,26);2*1H. The minimum atomic E-state index is -4.54. The van der Waals surface area contributed by atoms with E-state index in [-0.39, 0.29) is 42.3 Å². The van der Waals surface area contributed by atoms with Crippen LogP contribution in [0.5, 0.6) is 0 Å². The number of halogens is 5. The molecule has 1 aromatic carbocycles. The predicted molar refractivity (Wildman–Crippen MR) is 108 cm³/mol. The van der Waals surface area contributed by atoms with Gasteiger partial charge in [0.1, 0.15) is 0 Å². The molecule has 1 saturated heterocycles. The van der Waals surface area contributed by atoms with Gasteiger partial charge in [-0.3, -0.25) is 4.79 Å². The van der Waals surface area contributed by atoms with Gasteiger partial charge in [-0.2, -0.15) is 13.2 Å². The zero-order valence-corrected chi connectivity index (χ0v) is 17.5. The average molecular weight is 441 g/mol. The zero-order valence-electron chi connectivity index (χ0n) is 15.8. The van der Waals surface area contributed by atoms with E-state index in [4.69, 9.17) is 0 Å². The molecule has 5 nitrogen and oxygen atoms in total. The number of hydrogen-bond donors (Lipinski definition) is 2. The summed E-state index contributed by atoms with van der Waals surface area (Å²) < 4.78 is 41.0. The molecule has 2 N–H and O–H groups in total. The number of fused-ring (bicyclic) bond motifs is 1. The maximum Gasteiger partial charge on any atom is 0.449 e. The first-order valence-corrected chi connectivity index (χ1v) is 8.80. The van der Waals surface area contributed by atoms with Crippen LogP contribution in [0, 0.1) is 0 Å². The molecule has 2 unspecified atom stereocenters. The number of piperidine rings is 1. The monoisotopic (exact) mass is 440 g/mol. The fourth-order valence-corrected chi connectivity index (χ4v) is 3.49. The van der Waals surface area contributed by atoms with Gasteiger partial charge in [-0.25, -0.2) is 4.98 Å². The normalized spacial score (nSPS) is 19.8. The molecule has 28 heavy (non-hydrogen) atoms. The Balaban J connectivity index is 0.00000196. The number of nitrogens with zero attached hydrogens (tertiary/aromatic N) is 2. The van der Waals surface area contributed by atoms with Gasteiger partial charge < -0.3 is 15.2 Å². The smallest absolute Gasteiger partial charge is 0.349 e. The summed E-state index contributed by atoms with van der Waals surface area (Å²) in [6.07, 6.45) is -2.89. The summed E-state index contributed by atoms with van der Waals surface area (Å²) in [6.45, 7) is 6.24. The fourth-order valence-electron chi connectivity index (χ4n) is 3.49. The average Bonchev–Trinajstić information content (AvgIpc) is 2.93. The third-order valence-electron chi connectivity index (χ3n) is 4.68. The van der Waals surface area contributed by atoms with Crippen LogP contribution in [0.25, 0.3) is 11.0 Å². The van der Waals surface area contributed by atoms with Crippen LogP contribution in [0.4, 0.5) is 13.2 Å². The Morgan fingerprint density at radius 1 is 1.32 bits per heavy atom. The molecule has 0 radical (unpaired) electrons. The third kappa shape index (κ3) is 5.10. The summed E-state index contributed by atoms with van der Waals surface area (Å²) in [6, 6.07) is 4.53. The number of amides is 1. The summed E-state index contributed by atoms with van der Waals surface area (Å²) in [5.74, 6) is -1.22. The van der Waals surface area contributed by atoms with Gasteiger partial charge in [-0.05, 0) is 58.4 Å². The number of carbonyl (C=O) groups excluding carboxylic acids is 1. The second kappa shape index (κ2) is 9.33. The first kappa shape index (κ1) is 24.5. The Labute approximate surface area is 174 Å². The van der Waals surface area contributed by atoms with Crippen LogP contribution >= 0.6 is 24.8 Å². The van der Waals surface area contributed by atoms with Crippen molar-refractivity contribution < 1.29 is 18.0 Å². The lowest BCUT2D eigenvalue weighted by atomic mass is 10.00. The van der Waals surface area contributed by atoms with Gasteiger partial charge in [-0.15, -0.1) is 24.8 Å². The van der Waals surface area contributed by atoms with Gasteiger partial charge in [0.05, 0.1) is 11.0 Å². The second-order valence-electron chi connectivity index (χ2n) is 7.15. The van der Waals surface area contributed by atoms with E-state index in [1.807, 2.05) is 0 Å². The SMILES string of the molecule is CC1CC(NC(=O)c2ccc3c(c2)nc(C(F)(F)F)n3C(C)C)CCN1.Cl.Cl. The van der Waals surface area contributed by atoms with Crippen LogP contribution in [0.2, 0.25) is 0 Å². The molecule has 0 aliphatic carbocycles. The first-order chi connectivity index (χ1) is 12.2. The van der Waals surface area contributed by atoms with Crippen LogP contribution in [0.15, 0.2) is 18.2 Å². The Morgan fingerprint density at radius 2 is 2.00 bits per heavy atom. The molecular weight excluding hydrogens is 416 g/mol. The molecule has 1 aliphatic rings. The van der Waals surface area contributed by atoms with Gasteiger partial charge in [0.15, 0.2) is 0 Å². The van der Waals surface area contributed by atoms with E-state index >= 15 is 0 Å². The molecular formula is C18H25Cl2F3N4O. The summed E-state index contributed by atoms with van der Waals surface area (Å²) in [5, 5.41) is 6.28. The van der Waals surface area contributed by atoms with Gasteiger partial charge >= 0.3 is 6.18 Å². The number of aromatic nitrogens is 2. The number of alkyl halides is 3. The third-order valence-corrected chi connectivity index (χ3v) is 4.68. The fraction of sp³-hybridized carbons (Fsp3) is 0.556. The zero-order chi connectivity index (χ0) is 19.1. The Bertz CT molecular complexity index is 823. The number of hydrogen-bond acceptors (Lipinski definition) is 3. The number of rotatable bonds is 3. The summed E-state index contributed by atoms with van der Waals surface area (Å²) in [7, 11) is 0. The van der Waals surface area contributed by atoms with Crippen molar-refractivity contribution in [2.24, 2.45) is 0 Å². The summed E-state index contributed by atoms with van der Waals surface area (Å²) >= 11 is 0. The van der Waals surface area contributed by atoms with E-state index < -0.39 is 18.0 Å². The van der Waals surface area contributed by atoms with E-state index in [1.54, 1.807) is 19.9 Å². The highest BCUT2D eigenvalue weighted by Crippen LogP contribution is 2.33. The Morgan fingerprint density at radius 3 is 2.57 bits per heavy atom. The molecule has 1 aliphatic heterocycles. The van der Waals surface area contributed by atoms with Gasteiger partial charge in [-0.1, -0.05) is 0 Å². The first-order valence-electron chi connectivity index (χ1n) is 8.80. The lowest BCUT2D eigenvalue weighted by molar-refractivity contribution is -0.147. The number of benzene rings is 1. The lowest BCUT2D eigenvalue weighted by Gasteiger charge is -2.28. The van der Waals surface area contributed by atoms with Gasteiger partial charge in [0.25, 0.3) is 5.91 Å². The van der Waals surface area contributed by atoms with Crippen LogP contribution < -0.4 is 10.6 Å². The van der Waals surface area contributed by atoms with Crippen molar-refractivity contribution >= 4 is 41.8 Å². The Hall–Kier alpha value is -1.51. The highest BCUT2D eigenvalue weighted by molar-refractivity contribution is 5.97. The molecule has 1 amide bonds. The maximum absolute atomic E-state index is 13.3. The highest BCUT2D eigenvalue weighted by atomic mass is 35.5. The van der Waals surface area contributed by atoms with Crippen molar-refractivity contribution in [3.63, 3.8) is 0 Å². The molecule has 2 aromatic rings. The molecule has 0 saturated carbocycles. The van der Waals surface area contributed by atoms with Crippen molar-refractivity contribution in [3.8, 4) is 0 Å². The number of carbonyl (C=O) groups is 1.